The van der Waals surface area contributed by atoms with Crippen LogP contribution in [0.1, 0.15) is 10.5 Å². The van der Waals surface area contributed by atoms with Gasteiger partial charge in [-0.15, -0.1) is 36.2 Å². The van der Waals surface area contributed by atoms with Crippen molar-refractivity contribution >= 4 is 42.1 Å². The van der Waals surface area contributed by atoms with E-state index in [0.717, 1.165) is 32.7 Å². The molecule has 0 radical (unpaired) electrons. The molecule has 1 aromatic heterocycles. The molecule has 0 atom stereocenters. The number of hydrogen-bond donors (Lipinski definition) is 2. The first-order chi connectivity index (χ1) is 11.2. The highest BCUT2D eigenvalue weighted by atomic mass is 35.5. The summed E-state index contributed by atoms with van der Waals surface area (Å²) in [6.07, 6.45) is 0. The largest absolute Gasteiger partial charge is 0.349 e. The van der Waals surface area contributed by atoms with E-state index >= 15 is 0 Å². The SMILES string of the molecule is Cl.Cl.O=C(NCCN1CCNCC1)c1csc(-c2ccccc2F)n1. The summed E-state index contributed by atoms with van der Waals surface area (Å²) >= 11 is 1.28. The lowest BCUT2D eigenvalue weighted by molar-refractivity contribution is 0.0943. The number of carbonyl (C=O) groups is 1. The van der Waals surface area contributed by atoms with Crippen LogP contribution in [0.25, 0.3) is 10.6 Å². The zero-order valence-electron chi connectivity index (χ0n) is 13.5. The minimum absolute atomic E-state index is 0. The van der Waals surface area contributed by atoms with Crippen molar-refractivity contribution in [2.75, 3.05) is 39.3 Å². The molecule has 2 heterocycles. The lowest BCUT2D eigenvalue weighted by Gasteiger charge is -2.26. The number of piperazine rings is 1. The van der Waals surface area contributed by atoms with E-state index in [1.165, 1.54) is 17.4 Å². The second kappa shape index (κ2) is 10.7. The van der Waals surface area contributed by atoms with E-state index < -0.39 is 0 Å². The number of aromatic nitrogens is 1. The number of halogens is 3. The maximum atomic E-state index is 13.7. The van der Waals surface area contributed by atoms with E-state index in [1.807, 2.05) is 0 Å². The van der Waals surface area contributed by atoms with Gasteiger partial charge in [-0.2, -0.15) is 0 Å². The highest BCUT2D eigenvalue weighted by Gasteiger charge is 2.14. The molecule has 0 spiro atoms. The summed E-state index contributed by atoms with van der Waals surface area (Å²) in [5, 5.41) is 8.36. The van der Waals surface area contributed by atoms with Crippen molar-refractivity contribution in [1.29, 1.82) is 0 Å². The Hall–Kier alpha value is -1.25. The van der Waals surface area contributed by atoms with Gasteiger partial charge in [0.25, 0.3) is 5.91 Å². The predicted molar refractivity (Wildman–Crippen MR) is 104 cm³/mol. The Balaban J connectivity index is 0.00000156. The van der Waals surface area contributed by atoms with E-state index in [-0.39, 0.29) is 36.5 Å². The molecule has 0 aliphatic carbocycles. The van der Waals surface area contributed by atoms with Gasteiger partial charge in [0.1, 0.15) is 16.5 Å². The number of nitrogens with zero attached hydrogens (tertiary/aromatic N) is 2. The van der Waals surface area contributed by atoms with Crippen molar-refractivity contribution in [3.05, 3.63) is 41.2 Å². The van der Waals surface area contributed by atoms with Crippen LogP contribution in [0.2, 0.25) is 0 Å². The third-order valence-electron chi connectivity index (χ3n) is 3.76. The summed E-state index contributed by atoms with van der Waals surface area (Å²) in [6, 6.07) is 6.45. The Labute approximate surface area is 162 Å². The van der Waals surface area contributed by atoms with Crippen molar-refractivity contribution in [2.45, 2.75) is 0 Å². The van der Waals surface area contributed by atoms with Gasteiger partial charge >= 0.3 is 0 Å². The normalized spacial score (nSPS) is 14.3. The van der Waals surface area contributed by atoms with E-state index in [1.54, 1.807) is 23.6 Å². The topological polar surface area (TPSA) is 57.3 Å². The van der Waals surface area contributed by atoms with Gasteiger partial charge in [-0.1, -0.05) is 12.1 Å². The molecule has 0 saturated carbocycles. The summed E-state index contributed by atoms with van der Waals surface area (Å²) in [6.45, 7) is 5.41. The maximum absolute atomic E-state index is 13.7. The molecule has 0 unspecified atom stereocenters. The van der Waals surface area contributed by atoms with Crippen LogP contribution in [0, 0.1) is 5.82 Å². The Morgan fingerprint density at radius 1 is 1.28 bits per heavy atom. The molecule has 2 N–H and O–H groups in total. The van der Waals surface area contributed by atoms with E-state index in [0.29, 0.717) is 22.8 Å². The molecule has 1 amide bonds. The number of hydrogen-bond acceptors (Lipinski definition) is 5. The molecule has 1 saturated heterocycles. The van der Waals surface area contributed by atoms with E-state index in [2.05, 4.69) is 20.5 Å². The molecule has 1 fully saturated rings. The second-order valence-corrected chi connectivity index (χ2v) is 6.22. The van der Waals surface area contributed by atoms with Crippen molar-refractivity contribution in [1.82, 2.24) is 20.5 Å². The maximum Gasteiger partial charge on any atom is 0.270 e. The molecule has 2 aromatic rings. The Morgan fingerprint density at radius 2 is 2.00 bits per heavy atom. The van der Waals surface area contributed by atoms with Crippen LogP contribution < -0.4 is 10.6 Å². The molecule has 3 rings (SSSR count). The standard InChI is InChI=1S/C16H19FN4OS.2ClH/c17-13-4-2-1-3-12(13)16-20-14(11-23-16)15(22)19-7-10-21-8-5-18-6-9-21;;/h1-4,11,18H,5-10H2,(H,19,22);2*1H. The van der Waals surface area contributed by atoms with Gasteiger partial charge < -0.3 is 10.6 Å². The van der Waals surface area contributed by atoms with Gasteiger partial charge in [-0.25, -0.2) is 9.37 Å². The number of rotatable bonds is 5. The monoisotopic (exact) mass is 406 g/mol. The third kappa shape index (κ3) is 5.90. The minimum Gasteiger partial charge on any atom is -0.349 e. The van der Waals surface area contributed by atoms with Crippen LogP contribution in [0.5, 0.6) is 0 Å². The van der Waals surface area contributed by atoms with E-state index in [4.69, 9.17) is 0 Å². The first-order valence-electron chi connectivity index (χ1n) is 7.66. The first-order valence-corrected chi connectivity index (χ1v) is 8.54. The highest BCUT2D eigenvalue weighted by Crippen LogP contribution is 2.25. The van der Waals surface area contributed by atoms with Crippen LogP contribution >= 0.6 is 36.2 Å². The van der Waals surface area contributed by atoms with Crippen molar-refractivity contribution in [3.63, 3.8) is 0 Å². The fourth-order valence-electron chi connectivity index (χ4n) is 2.49. The number of benzene rings is 1. The average molecular weight is 407 g/mol. The molecule has 1 aliphatic rings. The van der Waals surface area contributed by atoms with Crippen molar-refractivity contribution in [2.24, 2.45) is 0 Å². The minimum atomic E-state index is -0.326. The summed E-state index contributed by atoms with van der Waals surface area (Å²) in [4.78, 5) is 18.7. The number of amides is 1. The molecule has 1 aliphatic heterocycles. The average Bonchev–Trinajstić information content (AvgIpc) is 3.06. The van der Waals surface area contributed by atoms with Crippen molar-refractivity contribution in [3.8, 4) is 10.6 Å². The van der Waals surface area contributed by atoms with Gasteiger partial charge in [0.05, 0.1) is 0 Å². The molecular weight excluding hydrogens is 386 g/mol. The van der Waals surface area contributed by atoms with Crippen molar-refractivity contribution < 1.29 is 9.18 Å². The molecule has 138 valence electrons. The Bertz CT molecular complexity index is 680. The quantitative estimate of drug-likeness (QED) is 0.800. The zero-order valence-corrected chi connectivity index (χ0v) is 16.0. The number of thiazole rings is 1. The van der Waals surface area contributed by atoms with Crippen LogP contribution in [-0.2, 0) is 0 Å². The summed E-state index contributed by atoms with van der Waals surface area (Å²) in [7, 11) is 0. The second-order valence-electron chi connectivity index (χ2n) is 5.37. The number of carbonyl (C=O) groups excluding carboxylic acids is 1. The third-order valence-corrected chi connectivity index (χ3v) is 4.64. The highest BCUT2D eigenvalue weighted by molar-refractivity contribution is 7.13. The first kappa shape index (κ1) is 21.8. The van der Waals surface area contributed by atoms with Crippen LogP contribution in [0.15, 0.2) is 29.6 Å². The molecular formula is C16H21Cl2FN4OS. The fourth-order valence-corrected chi connectivity index (χ4v) is 3.32. The molecule has 0 bridgehead atoms. The van der Waals surface area contributed by atoms with Gasteiger partial charge in [-0.3, -0.25) is 9.69 Å². The zero-order chi connectivity index (χ0) is 16.1. The van der Waals surface area contributed by atoms with Gasteiger partial charge in [0.15, 0.2) is 0 Å². The van der Waals surface area contributed by atoms with Gasteiger partial charge in [-0.05, 0) is 12.1 Å². The van der Waals surface area contributed by atoms with Gasteiger partial charge in [0, 0.05) is 50.2 Å². The summed E-state index contributed by atoms with van der Waals surface area (Å²) in [5.74, 6) is -0.536. The van der Waals surface area contributed by atoms with Crippen LogP contribution in [0.3, 0.4) is 0 Å². The molecule has 5 nitrogen and oxygen atoms in total. The fraction of sp³-hybridized carbons (Fsp3) is 0.375. The summed E-state index contributed by atoms with van der Waals surface area (Å²) in [5.41, 5.74) is 0.769. The molecule has 1 aromatic carbocycles. The van der Waals surface area contributed by atoms with E-state index in [9.17, 15) is 9.18 Å². The Kier molecular flexibility index (Phi) is 9.31. The lowest BCUT2D eigenvalue weighted by atomic mass is 10.2. The molecule has 9 heteroatoms. The van der Waals surface area contributed by atoms with Gasteiger partial charge in [0.2, 0.25) is 0 Å². The summed E-state index contributed by atoms with van der Waals surface area (Å²) < 4.78 is 13.7. The van der Waals surface area contributed by atoms with Crippen LogP contribution in [0.4, 0.5) is 4.39 Å². The molecule has 25 heavy (non-hydrogen) atoms. The van der Waals surface area contributed by atoms with Crippen LogP contribution in [-0.4, -0.2) is 55.1 Å². The Morgan fingerprint density at radius 3 is 2.72 bits per heavy atom. The lowest BCUT2D eigenvalue weighted by Crippen LogP contribution is -2.46. The smallest absolute Gasteiger partial charge is 0.270 e. The number of nitrogens with one attached hydrogen (secondary N) is 2. The predicted octanol–water partition coefficient (Wildman–Crippen LogP) is 2.43.